The molecule has 0 saturated heterocycles. The summed E-state index contributed by atoms with van der Waals surface area (Å²) in [6.45, 7) is 1.83. The van der Waals surface area contributed by atoms with Crippen LogP contribution in [0.2, 0.25) is 0 Å². The Bertz CT molecular complexity index is 558. The molecule has 0 heterocycles. The lowest BCUT2D eigenvalue weighted by Crippen LogP contribution is -2.16. The standard InChI is InChI=1S/C21H27NO/c1-3-7-18(8-4-1)15-16-23-21-13-11-20(12-14-21)22-17-19-9-5-2-6-10-19/h1,3-4,7-8,11-14,19,22H,2,5-6,9-10,15-17H2. The molecule has 1 N–H and O–H groups in total. The van der Waals surface area contributed by atoms with E-state index >= 15 is 0 Å². The van der Waals surface area contributed by atoms with Gasteiger partial charge in [0.15, 0.2) is 0 Å². The minimum Gasteiger partial charge on any atom is -0.493 e. The van der Waals surface area contributed by atoms with E-state index in [0.29, 0.717) is 0 Å². The number of hydrogen-bond acceptors (Lipinski definition) is 2. The van der Waals surface area contributed by atoms with E-state index in [1.54, 1.807) is 0 Å². The first-order valence-electron chi connectivity index (χ1n) is 8.91. The first kappa shape index (κ1) is 15.9. The van der Waals surface area contributed by atoms with Gasteiger partial charge in [-0.1, -0.05) is 49.6 Å². The first-order chi connectivity index (χ1) is 11.4. The molecule has 0 bridgehead atoms. The van der Waals surface area contributed by atoms with Crippen LogP contribution in [0.5, 0.6) is 5.75 Å². The van der Waals surface area contributed by atoms with E-state index in [2.05, 4.69) is 53.8 Å². The second kappa shape index (κ2) is 8.61. The van der Waals surface area contributed by atoms with Crippen LogP contribution in [-0.4, -0.2) is 13.2 Å². The monoisotopic (exact) mass is 309 g/mol. The van der Waals surface area contributed by atoms with Crippen molar-refractivity contribution in [3.63, 3.8) is 0 Å². The van der Waals surface area contributed by atoms with Gasteiger partial charge in [0.25, 0.3) is 0 Å². The summed E-state index contributed by atoms with van der Waals surface area (Å²) in [6.07, 6.45) is 7.94. The van der Waals surface area contributed by atoms with Crippen molar-refractivity contribution in [3.05, 3.63) is 60.2 Å². The zero-order valence-electron chi connectivity index (χ0n) is 13.8. The summed E-state index contributed by atoms with van der Waals surface area (Å²) < 4.78 is 5.83. The van der Waals surface area contributed by atoms with Gasteiger partial charge in [-0.2, -0.15) is 0 Å². The maximum Gasteiger partial charge on any atom is 0.119 e. The number of rotatable bonds is 7. The highest BCUT2D eigenvalue weighted by Gasteiger charge is 2.12. The summed E-state index contributed by atoms with van der Waals surface area (Å²) in [4.78, 5) is 0. The van der Waals surface area contributed by atoms with Crippen molar-refractivity contribution >= 4 is 5.69 Å². The quantitative estimate of drug-likeness (QED) is 0.749. The number of nitrogens with one attached hydrogen (secondary N) is 1. The largest absolute Gasteiger partial charge is 0.493 e. The van der Waals surface area contributed by atoms with E-state index in [1.165, 1.54) is 43.4 Å². The maximum absolute atomic E-state index is 5.83. The van der Waals surface area contributed by atoms with Gasteiger partial charge in [0.05, 0.1) is 6.61 Å². The van der Waals surface area contributed by atoms with Gasteiger partial charge < -0.3 is 10.1 Å². The van der Waals surface area contributed by atoms with E-state index in [9.17, 15) is 0 Å². The SMILES string of the molecule is c1ccc(CCOc2ccc(NCC3CCCCC3)cc2)cc1. The summed E-state index contributed by atoms with van der Waals surface area (Å²) in [7, 11) is 0. The van der Waals surface area contributed by atoms with E-state index in [1.807, 2.05) is 6.07 Å². The van der Waals surface area contributed by atoms with Gasteiger partial charge in [-0.25, -0.2) is 0 Å². The molecule has 0 radical (unpaired) electrons. The Morgan fingerprint density at radius 2 is 1.61 bits per heavy atom. The van der Waals surface area contributed by atoms with Crippen LogP contribution >= 0.6 is 0 Å². The van der Waals surface area contributed by atoms with Gasteiger partial charge in [-0.3, -0.25) is 0 Å². The Morgan fingerprint density at radius 3 is 2.35 bits per heavy atom. The van der Waals surface area contributed by atoms with Crippen molar-refractivity contribution in [2.24, 2.45) is 5.92 Å². The van der Waals surface area contributed by atoms with Crippen LogP contribution in [0.1, 0.15) is 37.7 Å². The van der Waals surface area contributed by atoms with Crippen molar-refractivity contribution in [1.29, 1.82) is 0 Å². The Kier molecular flexibility index (Phi) is 5.96. The van der Waals surface area contributed by atoms with E-state index in [0.717, 1.165) is 31.2 Å². The van der Waals surface area contributed by atoms with Gasteiger partial charge in [-0.15, -0.1) is 0 Å². The number of hydrogen-bond donors (Lipinski definition) is 1. The molecule has 0 aliphatic heterocycles. The normalized spacial score (nSPS) is 15.3. The van der Waals surface area contributed by atoms with Crippen LogP contribution in [0.3, 0.4) is 0 Å². The fourth-order valence-corrected chi connectivity index (χ4v) is 3.25. The highest BCUT2D eigenvalue weighted by molar-refractivity contribution is 5.46. The Balaban J connectivity index is 1.40. The molecule has 2 aromatic carbocycles. The molecule has 3 rings (SSSR count). The molecule has 23 heavy (non-hydrogen) atoms. The van der Waals surface area contributed by atoms with Crippen molar-refractivity contribution < 1.29 is 4.74 Å². The predicted octanol–water partition coefficient (Wildman–Crippen LogP) is 5.30. The summed E-state index contributed by atoms with van der Waals surface area (Å²) in [6, 6.07) is 18.8. The summed E-state index contributed by atoms with van der Waals surface area (Å²) >= 11 is 0. The van der Waals surface area contributed by atoms with Crippen LogP contribution in [0, 0.1) is 5.92 Å². The van der Waals surface area contributed by atoms with Crippen molar-refractivity contribution in [3.8, 4) is 5.75 Å². The van der Waals surface area contributed by atoms with Gasteiger partial charge >= 0.3 is 0 Å². The zero-order valence-corrected chi connectivity index (χ0v) is 13.8. The Hall–Kier alpha value is -1.96. The molecule has 1 saturated carbocycles. The molecule has 0 atom stereocenters. The number of anilines is 1. The first-order valence-corrected chi connectivity index (χ1v) is 8.91. The fraction of sp³-hybridized carbons (Fsp3) is 0.429. The molecule has 2 heteroatoms. The average Bonchev–Trinajstić information content (AvgIpc) is 2.63. The molecule has 1 fully saturated rings. The van der Waals surface area contributed by atoms with Gasteiger partial charge in [0.1, 0.15) is 5.75 Å². The van der Waals surface area contributed by atoms with Gasteiger partial charge in [-0.05, 0) is 48.6 Å². The molecule has 0 amide bonds. The minimum absolute atomic E-state index is 0.721. The molecular formula is C21H27NO. The summed E-state index contributed by atoms with van der Waals surface area (Å²) in [5, 5.41) is 3.57. The molecule has 0 aromatic heterocycles. The highest BCUT2D eigenvalue weighted by Crippen LogP contribution is 2.24. The third-order valence-electron chi connectivity index (χ3n) is 4.68. The van der Waals surface area contributed by atoms with E-state index in [4.69, 9.17) is 4.74 Å². The van der Waals surface area contributed by atoms with Crippen LogP contribution in [0.4, 0.5) is 5.69 Å². The maximum atomic E-state index is 5.83. The molecule has 2 nitrogen and oxygen atoms in total. The zero-order chi connectivity index (χ0) is 15.7. The Labute approximate surface area is 139 Å². The molecule has 1 aliphatic carbocycles. The molecule has 122 valence electrons. The van der Waals surface area contributed by atoms with Gasteiger partial charge in [0.2, 0.25) is 0 Å². The number of ether oxygens (including phenoxy) is 1. The second-order valence-corrected chi connectivity index (χ2v) is 6.49. The van der Waals surface area contributed by atoms with E-state index in [-0.39, 0.29) is 0 Å². The average molecular weight is 309 g/mol. The molecule has 1 aliphatic rings. The van der Waals surface area contributed by atoms with Crippen molar-refractivity contribution in [2.45, 2.75) is 38.5 Å². The third kappa shape index (κ3) is 5.31. The lowest BCUT2D eigenvalue weighted by Gasteiger charge is -2.22. The third-order valence-corrected chi connectivity index (χ3v) is 4.68. The molecule has 0 spiro atoms. The molecular weight excluding hydrogens is 282 g/mol. The summed E-state index contributed by atoms with van der Waals surface area (Å²) in [5.74, 6) is 1.80. The van der Waals surface area contributed by atoms with Crippen LogP contribution in [-0.2, 0) is 6.42 Å². The highest BCUT2D eigenvalue weighted by atomic mass is 16.5. The van der Waals surface area contributed by atoms with Crippen molar-refractivity contribution in [2.75, 3.05) is 18.5 Å². The van der Waals surface area contributed by atoms with Crippen LogP contribution < -0.4 is 10.1 Å². The summed E-state index contributed by atoms with van der Waals surface area (Å²) in [5.41, 5.74) is 2.52. The van der Waals surface area contributed by atoms with Crippen molar-refractivity contribution in [1.82, 2.24) is 0 Å². The fourth-order valence-electron chi connectivity index (χ4n) is 3.25. The lowest BCUT2D eigenvalue weighted by molar-refractivity contribution is 0.322. The Morgan fingerprint density at radius 1 is 0.870 bits per heavy atom. The predicted molar refractivity (Wildman–Crippen MR) is 97.1 cm³/mol. The lowest BCUT2D eigenvalue weighted by atomic mass is 9.89. The topological polar surface area (TPSA) is 21.3 Å². The van der Waals surface area contributed by atoms with Crippen LogP contribution in [0.25, 0.3) is 0 Å². The smallest absolute Gasteiger partial charge is 0.119 e. The second-order valence-electron chi connectivity index (χ2n) is 6.49. The minimum atomic E-state index is 0.721. The van der Waals surface area contributed by atoms with Gasteiger partial charge in [0, 0.05) is 18.7 Å². The van der Waals surface area contributed by atoms with Crippen LogP contribution in [0.15, 0.2) is 54.6 Å². The van der Waals surface area contributed by atoms with E-state index < -0.39 is 0 Å². The molecule has 2 aromatic rings. The number of benzene rings is 2. The molecule has 0 unspecified atom stereocenters.